The van der Waals surface area contributed by atoms with E-state index >= 15 is 0 Å². The highest BCUT2D eigenvalue weighted by Crippen LogP contribution is 2.32. The molecule has 0 bridgehead atoms. The van der Waals surface area contributed by atoms with Gasteiger partial charge in [-0.1, -0.05) is 37.5 Å². The van der Waals surface area contributed by atoms with Gasteiger partial charge in [0, 0.05) is 23.1 Å². The van der Waals surface area contributed by atoms with Gasteiger partial charge in [-0.15, -0.1) is 0 Å². The Hall–Kier alpha value is -1.33. The van der Waals surface area contributed by atoms with Crippen molar-refractivity contribution >= 4 is 20.9 Å². The molecule has 1 aliphatic carbocycles. The molecule has 1 fully saturated rings. The number of hydrogen-bond acceptors (Lipinski definition) is 2. The first-order valence-corrected chi connectivity index (χ1v) is 9.14. The Kier molecular flexibility index (Phi) is 3.80. The van der Waals surface area contributed by atoms with Crippen molar-refractivity contribution in [1.82, 2.24) is 4.57 Å². The molecule has 2 aromatic rings. The summed E-state index contributed by atoms with van der Waals surface area (Å²) in [5.41, 5.74) is 1.74. The minimum atomic E-state index is -3.70. The summed E-state index contributed by atoms with van der Waals surface area (Å²) in [6.07, 6.45) is 6.35. The van der Waals surface area contributed by atoms with Gasteiger partial charge in [-0.25, -0.2) is 13.6 Å². The lowest BCUT2D eigenvalue weighted by molar-refractivity contribution is 0.320. The van der Waals surface area contributed by atoms with Crippen molar-refractivity contribution in [3.63, 3.8) is 0 Å². The summed E-state index contributed by atoms with van der Waals surface area (Å²) in [5, 5.41) is 6.17. The van der Waals surface area contributed by atoms with E-state index in [1.165, 1.54) is 32.1 Å². The lowest BCUT2D eigenvalue weighted by atomic mass is 9.89. The number of hydrogen-bond donors (Lipinski definition) is 1. The van der Waals surface area contributed by atoms with Gasteiger partial charge in [-0.2, -0.15) is 0 Å². The van der Waals surface area contributed by atoms with Crippen LogP contribution in [0.4, 0.5) is 0 Å². The van der Waals surface area contributed by atoms with Gasteiger partial charge in [0.05, 0.1) is 0 Å². The lowest BCUT2D eigenvalue weighted by Crippen LogP contribution is -2.17. The molecule has 5 heteroatoms. The fourth-order valence-corrected chi connectivity index (χ4v) is 4.62. The van der Waals surface area contributed by atoms with Crippen LogP contribution in [-0.2, 0) is 16.6 Å². The molecule has 1 saturated carbocycles. The molecule has 2 N–H and O–H groups in total. The summed E-state index contributed by atoms with van der Waals surface area (Å²) in [6, 6.07) is 7.65. The van der Waals surface area contributed by atoms with Crippen LogP contribution in [0, 0.1) is 12.8 Å². The number of benzene rings is 1. The van der Waals surface area contributed by atoms with E-state index in [0.29, 0.717) is 5.92 Å². The number of para-hydroxylation sites is 1. The van der Waals surface area contributed by atoms with Crippen LogP contribution in [0.15, 0.2) is 29.2 Å². The highest BCUT2D eigenvalue weighted by molar-refractivity contribution is 7.89. The van der Waals surface area contributed by atoms with Gasteiger partial charge in [0.2, 0.25) is 10.0 Å². The third kappa shape index (κ3) is 2.72. The van der Waals surface area contributed by atoms with Crippen molar-refractivity contribution < 1.29 is 8.42 Å². The van der Waals surface area contributed by atoms with Crippen LogP contribution in [0.25, 0.3) is 10.9 Å². The summed E-state index contributed by atoms with van der Waals surface area (Å²) in [5.74, 6) is 0.640. The minimum Gasteiger partial charge on any atom is -0.343 e. The second-order valence-corrected chi connectivity index (χ2v) is 7.59. The quantitative estimate of drug-likeness (QED) is 0.946. The number of rotatable bonds is 3. The van der Waals surface area contributed by atoms with Crippen molar-refractivity contribution in [2.24, 2.45) is 11.1 Å². The van der Waals surface area contributed by atoms with E-state index < -0.39 is 10.0 Å². The first kappa shape index (κ1) is 14.6. The number of primary sulfonamides is 1. The summed E-state index contributed by atoms with van der Waals surface area (Å²) in [6.45, 7) is 2.75. The molecule has 0 aliphatic heterocycles. The van der Waals surface area contributed by atoms with Gasteiger partial charge >= 0.3 is 0 Å². The van der Waals surface area contributed by atoms with Crippen LogP contribution in [0.2, 0.25) is 0 Å². The first-order valence-electron chi connectivity index (χ1n) is 7.59. The topological polar surface area (TPSA) is 65.1 Å². The average molecular weight is 306 g/mol. The number of nitrogens with zero attached hydrogens (tertiary/aromatic N) is 1. The zero-order chi connectivity index (χ0) is 15.0. The third-order valence-electron chi connectivity index (χ3n) is 4.62. The number of fused-ring (bicyclic) bond motifs is 1. The van der Waals surface area contributed by atoms with Gasteiger partial charge in [0.25, 0.3) is 0 Å². The maximum absolute atomic E-state index is 11.9. The molecule has 0 saturated heterocycles. The molecule has 1 aromatic heterocycles. The molecule has 0 amide bonds. The summed E-state index contributed by atoms with van der Waals surface area (Å²) < 4.78 is 26.0. The maximum Gasteiger partial charge on any atom is 0.240 e. The normalized spacial score (nSPS) is 17.4. The number of sulfonamides is 1. The Balaban J connectivity index is 2.11. The molecular weight excluding hydrogens is 284 g/mol. The van der Waals surface area contributed by atoms with Crippen molar-refractivity contribution in [1.29, 1.82) is 0 Å². The van der Waals surface area contributed by atoms with Crippen LogP contribution in [0.1, 0.15) is 37.8 Å². The van der Waals surface area contributed by atoms with Gasteiger partial charge in [0.15, 0.2) is 0 Å². The van der Waals surface area contributed by atoms with Gasteiger partial charge in [-0.05, 0) is 31.7 Å². The monoisotopic (exact) mass is 306 g/mol. The summed E-state index contributed by atoms with van der Waals surface area (Å²) in [7, 11) is -3.70. The zero-order valence-corrected chi connectivity index (χ0v) is 13.2. The highest BCUT2D eigenvalue weighted by Gasteiger charge is 2.23. The van der Waals surface area contributed by atoms with Gasteiger partial charge in [-0.3, -0.25) is 0 Å². The van der Waals surface area contributed by atoms with E-state index in [1.54, 1.807) is 0 Å². The molecular formula is C16H22N2O2S. The van der Waals surface area contributed by atoms with Gasteiger partial charge < -0.3 is 4.57 Å². The van der Waals surface area contributed by atoms with Crippen molar-refractivity contribution in [2.45, 2.75) is 50.5 Å². The fourth-order valence-electron chi connectivity index (χ4n) is 3.62. The summed E-state index contributed by atoms with van der Waals surface area (Å²) in [4.78, 5) is 0.286. The van der Waals surface area contributed by atoms with Crippen LogP contribution < -0.4 is 5.14 Å². The van der Waals surface area contributed by atoms with Crippen LogP contribution >= 0.6 is 0 Å². The Bertz CT molecular complexity index is 756. The standard InChI is InChI=1S/C16H22N2O2S/c1-12-16(21(17,19)20)14-9-5-6-10-15(14)18(12)11-13-7-3-2-4-8-13/h5-6,9-10,13H,2-4,7-8,11H2,1H3,(H2,17,19,20). The highest BCUT2D eigenvalue weighted by atomic mass is 32.2. The molecule has 1 heterocycles. The van der Waals surface area contributed by atoms with E-state index in [9.17, 15) is 8.42 Å². The Morgan fingerprint density at radius 2 is 1.86 bits per heavy atom. The number of nitrogens with two attached hydrogens (primary N) is 1. The Labute approximate surface area is 126 Å². The zero-order valence-electron chi connectivity index (χ0n) is 12.4. The fraction of sp³-hybridized carbons (Fsp3) is 0.500. The molecule has 0 spiro atoms. The van der Waals surface area contributed by atoms with E-state index in [-0.39, 0.29) is 4.90 Å². The van der Waals surface area contributed by atoms with Crippen LogP contribution in [-0.4, -0.2) is 13.0 Å². The second kappa shape index (κ2) is 5.46. The molecule has 3 rings (SSSR count). The second-order valence-electron chi connectivity index (χ2n) is 6.09. The predicted molar refractivity (Wildman–Crippen MR) is 84.6 cm³/mol. The maximum atomic E-state index is 11.9. The molecule has 1 aliphatic rings. The molecule has 0 radical (unpaired) electrons. The molecule has 114 valence electrons. The van der Waals surface area contributed by atoms with E-state index in [2.05, 4.69) is 4.57 Å². The molecule has 0 atom stereocenters. The third-order valence-corrected chi connectivity index (χ3v) is 5.71. The van der Waals surface area contributed by atoms with Gasteiger partial charge in [0.1, 0.15) is 4.90 Å². The average Bonchev–Trinajstić information content (AvgIpc) is 2.73. The van der Waals surface area contributed by atoms with Crippen LogP contribution in [0.3, 0.4) is 0 Å². The van der Waals surface area contributed by atoms with E-state index in [4.69, 9.17) is 5.14 Å². The largest absolute Gasteiger partial charge is 0.343 e. The van der Waals surface area contributed by atoms with Crippen molar-refractivity contribution in [3.05, 3.63) is 30.0 Å². The smallest absolute Gasteiger partial charge is 0.240 e. The Morgan fingerprint density at radius 1 is 1.19 bits per heavy atom. The van der Waals surface area contributed by atoms with Crippen LogP contribution in [0.5, 0.6) is 0 Å². The number of aromatic nitrogens is 1. The van der Waals surface area contributed by atoms with E-state index in [1.807, 2.05) is 31.2 Å². The minimum absolute atomic E-state index is 0.286. The molecule has 0 unspecified atom stereocenters. The molecule has 4 nitrogen and oxygen atoms in total. The lowest BCUT2D eigenvalue weighted by Gasteiger charge is -2.23. The molecule has 21 heavy (non-hydrogen) atoms. The first-order chi connectivity index (χ1) is 9.98. The summed E-state index contributed by atoms with van der Waals surface area (Å²) >= 11 is 0. The molecule has 1 aromatic carbocycles. The van der Waals surface area contributed by atoms with Crippen molar-refractivity contribution in [2.75, 3.05) is 0 Å². The van der Waals surface area contributed by atoms with E-state index in [0.717, 1.165) is 23.1 Å². The van der Waals surface area contributed by atoms with Crippen molar-refractivity contribution in [3.8, 4) is 0 Å². The SMILES string of the molecule is Cc1c(S(N)(=O)=O)c2ccccc2n1CC1CCCCC1. The predicted octanol–water partition coefficient (Wildman–Crippen LogP) is 3.18. The Morgan fingerprint density at radius 3 is 2.52 bits per heavy atom.